The SMILES string of the molecule is N#Cc1cc(F)cc(NCc2cc(Br)cc3c2OCC3)c1. The van der Waals surface area contributed by atoms with E-state index in [1.807, 2.05) is 12.1 Å². The maximum Gasteiger partial charge on any atom is 0.127 e. The molecule has 1 N–H and O–H groups in total. The third-order valence-corrected chi connectivity index (χ3v) is 3.79. The van der Waals surface area contributed by atoms with Gasteiger partial charge in [-0.05, 0) is 35.9 Å². The summed E-state index contributed by atoms with van der Waals surface area (Å²) in [5.74, 6) is 0.481. The van der Waals surface area contributed by atoms with Crippen LogP contribution >= 0.6 is 15.9 Å². The standard InChI is InChI=1S/C16H12BrFN2O/c17-13-5-11-1-2-21-16(11)12(6-13)9-20-15-4-10(8-19)3-14(18)7-15/h3-7,20H,1-2,9H2. The number of rotatable bonds is 3. The molecule has 0 saturated heterocycles. The summed E-state index contributed by atoms with van der Waals surface area (Å²) in [6.45, 7) is 1.20. The maximum atomic E-state index is 13.4. The summed E-state index contributed by atoms with van der Waals surface area (Å²) >= 11 is 3.49. The normalized spacial score (nSPS) is 12.4. The predicted octanol–water partition coefficient (Wildman–Crippen LogP) is 4.01. The third-order valence-electron chi connectivity index (χ3n) is 3.34. The number of nitrogens with one attached hydrogen (secondary N) is 1. The average molecular weight is 347 g/mol. The van der Waals surface area contributed by atoms with E-state index in [1.165, 1.54) is 17.7 Å². The van der Waals surface area contributed by atoms with E-state index in [2.05, 4.69) is 27.3 Å². The highest BCUT2D eigenvalue weighted by atomic mass is 79.9. The smallest absolute Gasteiger partial charge is 0.127 e. The Morgan fingerprint density at radius 1 is 1.29 bits per heavy atom. The minimum atomic E-state index is -0.424. The van der Waals surface area contributed by atoms with E-state index in [9.17, 15) is 4.39 Å². The van der Waals surface area contributed by atoms with Gasteiger partial charge in [-0.15, -0.1) is 0 Å². The number of anilines is 1. The van der Waals surface area contributed by atoms with Crippen molar-refractivity contribution in [3.8, 4) is 11.8 Å². The van der Waals surface area contributed by atoms with Gasteiger partial charge in [0.1, 0.15) is 11.6 Å². The number of benzene rings is 2. The van der Waals surface area contributed by atoms with Gasteiger partial charge in [-0.3, -0.25) is 0 Å². The van der Waals surface area contributed by atoms with E-state index in [-0.39, 0.29) is 0 Å². The van der Waals surface area contributed by atoms with Crippen molar-refractivity contribution >= 4 is 21.6 Å². The lowest BCUT2D eigenvalue weighted by molar-refractivity contribution is 0.354. The summed E-state index contributed by atoms with van der Waals surface area (Å²) in [6.07, 6.45) is 0.903. The Balaban J connectivity index is 1.83. The molecule has 0 fully saturated rings. The second-order valence-corrected chi connectivity index (χ2v) is 5.76. The van der Waals surface area contributed by atoms with Crippen molar-refractivity contribution in [3.63, 3.8) is 0 Å². The molecule has 106 valence electrons. The van der Waals surface area contributed by atoms with Crippen LogP contribution < -0.4 is 10.1 Å². The number of ether oxygens (including phenoxy) is 1. The molecule has 0 radical (unpaired) electrons. The molecule has 0 spiro atoms. The van der Waals surface area contributed by atoms with Gasteiger partial charge in [0.15, 0.2) is 0 Å². The Morgan fingerprint density at radius 2 is 2.14 bits per heavy atom. The molecule has 2 aromatic rings. The summed E-state index contributed by atoms with van der Waals surface area (Å²) in [4.78, 5) is 0. The van der Waals surface area contributed by atoms with E-state index in [0.29, 0.717) is 24.4 Å². The number of nitriles is 1. The Kier molecular flexibility index (Phi) is 3.80. The van der Waals surface area contributed by atoms with E-state index in [0.717, 1.165) is 22.2 Å². The maximum absolute atomic E-state index is 13.4. The molecular weight excluding hydrogens is 335 g/mol. The third kappa shape index (κ3) is 3.01. The first-order chi connectivity index (χ1) is 10.2. The molecule has 21 heavy (non-hydrogen) atoms. The highest BCUT2D eigenvalue weighted by Gasteiger charge is 2.17. The molecule has 0 bridgehead atoms. The highest BCUT2D eigenvalue weighted by molar-refractivity contribution is 9.10. The van der Waals surface area contributed by atoms with Gasteiger partial charge in [0, 0.05) is 28.7 Å². The Bertz CT molecular complexity index is 740. The van der Waals surface area contributed by atoms with Crippen LogP contribution in [0.15, 0.2) is 34.8 Å². The van der Waals surface area contributed by atoms with E-state index >= 15 is 0 Å². The second kappa shape index (κ2) is 5.74. The number of hydrogen-bond acceptors (Lipinski definition) is 3. The molecule has 2 aromatic carbocycles. The van der Waals surface area contributed by atoms with Gasteiger partial charge in [0.05, 0.1) is 18.2 Å². The van der Waals surface area contributed by atoms with Gasteiger partial charge in [0.25, 0.3) is 0 Å². The van der Waals surface area contributed by atoms with Crippen LogP contribution in [0.4, 0.5) is 10.1 Å². The van der Waals surface area contributed by atoms with Crippen molar-refractivity contribution in [3.05, 3.63) is 57.3 Å². The van der Waals surface area contributed by atoms with Crippen LogP contribution in [0.5, 0.6) is 5.75 Å². The van der Waals surface area contributed by atoms with Gasteiger partial charge in [-0.2, -0.15) is 5.26 Å². The zero-order chi connectivity index (χ0) is 14.8. The predicted molar refractivity (Wildman–Crippen MR) is 81.8 cm³/mol. The molecule has 0 amide bonds. The molecule has 1 heterocycles. The molecule has 3 nitrogen and oxygen atoms in total. The Morgan fingerprint density at radius 3 is 2.95 bits per heavy atom. The molecule has 0 aromatic heterocycles. The first-order valence-electron chi connectivity index (χ1n) is 6.54. The second-order valence-electron chi connectivity index (χ2n) is 4.85. The summed E-state index contributed by atoms with van der Waals surface area (Å²) in [5, 5.41) is 12.0. The quantitative estimate of drug-likeness (QED) is 0.913. The fraction of sp³-hybridized carbons (Fsp3) is 0.188. The molecule has 0 atom stereocenters. The van der Waals surface area contributed by atoms with Crippen molar-refractivity contribution in [1.29, 1.82) is 5.26 Å². The zero-order valence-electron chi connectivity index (χ0n) is 11.1. The van der Waals surface area contributed by atoms with Gasteiger partial charge in [-0.1, -0.05) is 15.9 Å². The summed E-state index contributed by atoms with van der Waals surface area (Å²) < 4.78 is 20.1. The lowest BCUT2D eigenvalue weighted by atomic mass is 10.1. The molecule has 0 unspecified atom stereocenters. The number of hydrogen-bond donors (Lipinski definition) is 1. The largest absolute Gasteiger partial charge is 0.493 e. The molecule has 5 heteroatoms. The lowest BCUT2D eigenvalue weighted by Crippen LogP contribution is -2.02. The molecular formula is C16H12BrFN2O. The zero-order valence-corrected chi connectivity index (χ0v) is 12.7. The van der Waals surface area contributed by atoms with Crippen LogP contribution in [0.25, 0.3) is 0 Å². The van der Waals surface area contributed by atoms with Crippen LogP contribution in [0.2, 0.25) is 0 Å². The van der Waals surface area contributed by atoms with Crippen molar-refractivity contribution in [2.24, 2.45) is 0 Å². The van der Waals surface area contributed by atoms with Crippen LogP contribution in [-0.2, 0) is 13.0 Å². The number of fused-ring (bicyclic) bond motifs is 1. The fourth-order valence-corrected chi connectivity index (χ4v) is 2.98. The van der Waals surface area contributed by atoms with E-state index in [4.69, 9.17) is 10.00 Å². The highest BCUT2D eigenvalue weighted by Crippen LogP contribution is 2.33. The van der Waals surface area contributed by atoms with E-state index < -0.39 is 5.82 Å². The van der Waals surface area contributed by atoms with Crippen molar-refractivity contribution in [1.82, 2.24) is 0 Å². The molecule has 0 saturated carbocycles. The first kappa shape index (κ1) is 13.9. The molecule has 3 rings (SSSR count). The van der Waals surface area contributed by atoms with Crippen molar-refractivity contribution < 1.29 is 9.13 Å². The van der Waals surface area contributed by atoms with Crippen LogP contribution in [0, 0.1) is 17.1 Å². The number of halogens is 2. The number of nitrogens with zero attached hydrogens (tertiary/aromatic N) is 1. The summed E-state index contributed by atoms with van der Waals surface area (Å²) in [5.41, 5.74) is 3.07. The molecule has 1 aliphatic heterocycles. The van der Waals surface area contributed by atoms with Crippen molar-refractivity contribution in [2.75, 3.05) is 11.9 Å². The van der Waals surface area contributed by atoms with Crippen LogP contribution in [0.3, 0.4) is 0 Å². The minimum absolute atomic E-state index is 0.299. The fourth-order valence-electron chi connectivity index (χ4n) is 2.43. The summed E-state index contributed by atoms with van der Waals surface area (Å²) in [7, 11) is 0. The van der Waals surface area contributed by atoms with Crippen molar-refractivity contribution in [2.45, 2.75) is 13.0 Å². The van der Waals surface area contributed by atoms with Gasteiger partial charge in [0.2, 0.25) is 0 Å². The molecule has 0 aliphatic carbocycles. The monoisotopic (exact) mass is 346 g/mol. The van der Waals surface area contributed by atoms with Gasteiger partial charge < -0.3 is 10.1 Å². The van der Waals surface area contributed by atoms with Gasteiger partial charge >= 0.3 is 0 Å². The lowest BCUT2D eigenvalue weighted by Gasteiger charge is -2.11. The minimum Gasteiger partial charge on any atom is -0.493 e. The van der Waals surface area contributed by atoms with Crippen LogP contribution in [0.1, 0.15) is 16.7 Å². The van der Waals surface area contributed by atoms with E-state index in [1.54, 1.807) is 6.07 Å². The summed E-state index contributed by atoms with van der Waals surface area (Å²) in [6, 6.07) is 10.2. The topological polar surface area (TPSA) is 45.0 Å². The molecule has 1 aliphatic rings. The average Bonchev–Trinajstić information content (AvgIpc) is 2.92. The Labute approximate surface area is 130 Å². The first-order valence-corrected chi connectivity index (χ1v) is 7.33. The Hall–Kier alpha value is -2.06. The van der Waals surface area contributed by atoms with Crippen LogP contribution in [-0.4, -0.2) is 6.61 Å². The van der Waals surface area contributed by atoms with Gasteiger partial charge in [-0.25, -0.2) is 4.39 Å².